The number of rotatable bonds is 6. The molecular formula is C22H26BrN3O2. The summed E-state index contributed by atoms with van der Waals surface area (Å²) in [5.41, 5.74) is 3.38. The van der Waals surface area contributed by atoms with Crippen molar-refractivity contribution < 1.29 is 9.53 Å². The summed E-state index contributed by atoms with van der Waals surface area (Å²) in [5, 5.41) is 0. The zero-order chi connectivity index (χ0) is 19.5. The van der Waals surface area contributed by atoms with Crippen LogP contribution in [0.5, 0.6) is 5.75 Å². The third-order valence-electron chi connectivity index (χ3n) is 5.64. The number of hydrogen-bond donors (Lipinski definition) is 0. The molecule has 2 aromatic carbocycles. The second-order valence-electron chi connectivity index (χ2n) is 7.35. The predicted molar refractivity (Wildman–Crippen MR) is 116 cm³/mol. The Labute approximate surface area is 175 Å². The van der Waals surface area contributed by atoms with E-state index in [4.69, 9.17) is 4.74 Å². The molecule has 0 aromatic heterocycles. The molecular weight excluding hydrogens is 418 g/mol. The van der Waals surface area contributed by atoms with Crippen LogP contribution in [0.1, 0.15) is 12.0 Å². The highest BCUT2D eigenvalue weighted by Crippen LogP contribution is 2.32. The summed E-state index contributed by atoms with van der Waals surface area (Å²) < 4.78 is 6.52. The number of piperazine rings is 1. The molecule has 0 spiro atoms. The van der Waals surface area contributed by atoms with Gasteiger partial charge in [-0.25, -0.2) is 0 Å². The fourth-order valence-electron chi connectivity index (χ4n) is 4.13. The van der Waals surface area contributed by atoms with E-state index in [1.54, 1.807) is 7.11 Å². The number of benzene rings is 2. The lowest BCUT2D eigenvalue weighted by atomic mass is 10.2. The number of hydrogen-bond acceptors (Lipinski definition) is 4. The van der Waals surface area contributed by atoms with Crippen LogP contribution >= 0.6 is 15.9 Å². The average Bonchev–Trinajstić information content (AvgIpc) is 3.03. The first kappa shape index (κ1) is 19.3. The fraction of sp³-hybridized carbons (Fsp3) is 0.409. The first-order valence-corrected chi connectivity index (χ1v) is 10.6. The number of carbonyl (C=O) groups is 1. The van der Waals surface area contributed by atoms with Gasteiger partial charge in [-0.1, -0.05) is 34.1 Å². The van der Waals surface area contributed by atoms with Crippen molar-refractivity contribution >= 4 is 33.2 Å². The molecule has 0 aliphatic carbocycles. The van der Waals surface area contributed by atoms with Crippen LogP contribution in [0.25, 0.3) is 0 Å². The van der Waals surface area contributed by atoms with Crippen LogP contribution in [0, 0.1) is 0 Å². The Morgan fingerprint density at radius 3 is 2.57 bits per heavy atom. The maximum absolute atomic E-state index is 12.4. The molecule has 1 fully saturated rings. The average molecular weight is 444 g/mol. The minimum Gasteiger partial charge on any atom is -0.495 e. The number of halogens is 1. The van der Waals surface area contributed by atoms with Gasteiger partial charge in [0.05, 0.1) is 19.2 Å². The summed E-state index contributed by atoms with van der Waals surface area (Å²) in [4.78, 5) is 19.2. The Kier molecular flexibility index (Phi) is 5.87. The Morgan fingerprint density at radius 2 is 1.79 bits per heavy atom. The highest BCUT2D eigenvalue weighted by Gasteiger charge is 2.27. The van der Waals surface area contributed by atoms with E-state index in [1.807, 2.05) is 29.2 Å². The summed E-state index contributed by atoms with van der Waals surface area (Å²) in [6, 6.07) is 14.3. The number of amides is 1. The molecule has 2 aliphatic heterocycles. The molecule has 6 heteroatoms. The molecule has 5 nitrogen and oxygen atoms in total. The second kappa shape index (κ2) is 8.53. The van der Waals surface area contributed by atoms with E-state index in [0.717, 1.165) is 67.2 Å². The van der Waals surface area contributed by atoms with Crippen LogP contribution in [-0.2, 0) is 11.2 Å². The third-order valence-corrected chi connectivity index (χ3v) is 6.13. The Morgan fingerprint density at radius 1 is 1.00 bits per heavy atom. The molecule has 1 amide bonds. The van der Waals surface area contributed by atoms with Crippen LogP contribution in [0.2, 0.25) is 0 Å². The van der Waals surface area contributed by atoms with Gasteiger partial charge in [0.2, 0.25) is 5.91 Å². The van der Waals surface area contributed by atoms with Crippen LogP contribution in [0.4, 0.5) is 11.4 Å². The molecule has 148 valence electrons. The van der Waals surface area contributed by atoms with Gasteiger partial charge in [0.1, 0.15) is 5.75 Å². The van der Waals surface area contributed by atoms with Gasteiger partial charge in [-0.2, -0.15) is 0 Å². The van der Waals surface area contributed by atoms with Gasteiger partial charge >= 0.3 is 0 Å². The number of methoxy groups -OCH3 is 1. The van der Waals surface area contributed by atoms with Crippen LogP contribution in [0.15, 0.2) is 46.9 Å². The van der Waals surface area contributed by atoms with Gasteiger partial charge in [-0.15, -0.1) is 0 Å². The van der Waals surface area contributed by atoms with Crippen molar-refractivity contribution in [3.63, 3.8) is 0 Å². The number of carbonyl (C=O) groups excluding carboxylic acids is 1. The van der Waals surface area contributed by atoms with Gasteiger partial charge in [-0.3, -0.25) is 9.69 Å². The molecule has 0 unspecified atom stereocenters. The van der Waals surface area contributed by atoms with Crippen molar-refractivity contribution in [1.29, 1.82) is 0 Å². The van der Waals surface area contributed by atoms with Crippen LogP contribution in [-0.4, -0.2) is 57.2 Å². The molecule has 28 heavy (non-hydrogen) atoms. The molecule has 1 saturated heterocycles. The standard InChI is InChI=1S/C22H26BrN3O2/c1-28-21-6-3-2-5-19(21)25-13-11-24(12-14-25)9-4-10-26-20-16-18(23)8-7-17(20)15-22(26)27/h2-3,5-8,16H,4,9-15H2,1H3. The van der Waals surface area contributed by atoms with Crippen molar-refractivity contribution in [2.24, 2.45) is 0 Å². The van der Waals surface area contributed by atoms with Crippen LogP contribution < -0.4 is 14.5 Å². The third kappa shape index (κ3) is 4.03. The van der Waals surface area contributed by atoms with E-state index in [0.29, 0.717) is 6.42 Å². The number of para-hydroxylation sites is 2. The molecule has 2 aliphatic rings. The first-order valence-electron chi connectivity index (χ1n) is 9.85. The normalized spacial score (nSPS) is 17.1. The van der Waals surface area contributed by atoms with E-state index in [2.05, 4.69) is 43.9 Å². The van der Waals surface area contributed by atoms with Crippen molar-refractivity contribution in [3.05, 3.63) is 52.5 Å². The molecule has 2 heterocycles. The monoisotopic (exact) mass is 443 g/mol. The fourth-order valence-corrected chi connectivity index (χ4v) is 4.48. The maximum Gasteiger partial charge on any atom is 0.231 e. The SMILES string of the molecule is COc1ccccc1N1CCN(CCCN2C(=O)Cc3ccc(Br)cc32)CC1. The number of anilines is 2. The van der Waals surface area contributed by atoms with E-state index >= 15 is 0 Å². The number of fused-ring (bicyclic) bond motifs is 1. The second-order valence-corrected chi connectivity index (χ2v) is 8.26. The smallest absolute Gasteiger partial charge is 0.231 e. The molecule has 0 bridgehead atoms. The molecule has 4 rings (SSSR count). The summed E-state index contributed by atoms with van der Waals surface area (Å²) in [6.07, 6.45) is 1.52. The van der Waals surface area contributed by atoms with Gasteiger partial charge in [0.15, 0.2) is 0 Å². The zero-order valence-electron chi connectivity index (χ0n) is 16.2. The van der Waals surface area contributed by atoms with Gasteiger partial charge < -0.3 is 14.5 Å². The van der Waals surface area contributed by atoms with E-state index < -0.39 is 0 Å². The quantitative estimate of drug-likeness (QED) is 0.683. The molecule has 2 aromatic rings. The van der Waals surface area contributed by atoms with Gasteiger partial charge in [-0.05, 0) is 42.8 Å². The maximum atomic E-state index is 12.4. The Bertz CT molecular complexity index is 849. The molecule has 0 saturated carbocycles. The predicted octanol–water partition coefficient (Wildman–Crippen LogP) is 3.56. The zero-order valence-corrected chi connectivity index (χ0v) is 17.8. The number of ether oxygens (including phenoxy) is 1. The van der Waals surface area contributed by atoms with Crippen molar-refractivity contribution in [3.8, 4) is 5.75 Å². The highest BCUT2D eigenvalue weighted by molar-refractivity contribution is 9.10. The van der Waals surface area contributed by atoms with E-state index in [-0.39, 0.29) is 5.91 Å². The highest BCUT2D eigenvalue weighted by atomic mass is 79.9. The first-order chi connectivity index (χ1) is 13.7. The van der Waals surface area contributed by atoms with E-state index in [1.165, 1.54) is 5.69 Å². The number of nitrogens with zero attached hydrogens (tertiary/aromatic N) is 3. The van der Waals surface area contributed by atoms with Crippen LogP contribution in [0.3, 0.4) is 0 Å². The topological polar surface area (TPSA) is 36.0 Å². The Balaban J connectivity index is 1.28. The summed E-state index contributed by atoms with van der Waals surface area (Å²) in [7, 11) is 1.73. The van der Waals surface area contributed by atoms with Crippen molar-refractivity contribution in [2.75, 3.05) is 56.2 Å². The lowest BCUT2D eigenvalue weighted by Crippen LogP contribution is -2.47. The summed E-state index contributed by atoms with van der Waals surface area (Å²) in [5.74, 6) is 1.16. The van der Waals surface area contributed by atoms with Gasteiger partial charge in [0, 0.05) is 42.9 Å². The molecule has 0 radical (unpaired) electrons. The molecule has 0 atom stereocenters. The summed E-state index contributed by atoms with van der Waals surface area (Å²) in [6.45, 7) is 5.88. The molecule has 0 N–H and O–H groups in total. The lowest BCUT2D eigenvalue weighted by Gasteiger charge is -2.36. The van der Waals surface area contributed by atoms with E-state index in [9.17, 15) is 4.79 Å². The van der Waals surface area contributed by atoms with Gasteiger partial charge in [0.25, 0.3) is 0 Å². The largest absolute Gasteiger partial charge is 0.495 e. The summed E-state index contributed by atoms with van der Waals surface area (Å²) >= 11 is 3.52. The minimum atomic E-state index is 0.217. The van der Waals surface area contributed by atoms with Crippen molar-refractivity contribution in [2.45, 2.75) is 12.8 Å². The Hall–Kier alpha value is -2.05. The lowest BCUT2D eigenvalue weighted by molar-refractivity contribution is -0.117. The minimum absolute atomic E-state index is 0.217. The van der Waals surface area contributed by atoms with Crippen molar-refractivity contribution in [1.82, 2.24) is 4.90 Å².